The van der Waals surface area contributed by atoms with Crippen LogP contribution in [0.3, 0.4) is 0 Å². The summed E-state index contributed by atoms with van der Waals surface area (Å²) in [7, 11) is 0. The Morgan fingerprint density at radius 2 is 2.13 bits per heavy atom. The summed E-state index contributed by atoms with van der Waals surface area (Å²) >= 11 is 5.79. The standard InChI is InChI=1S/C10H8ClFO3/c11-7-8(12)5(10(13)1-2-10)3-6-9(7)15-4-14-6/h3,13H,1-2,4H2. The highest BCUT2D eigenvalue weighted by molar-refractivity contribution is 6.32. The van der Waals surface area contributed by atoms with E-state index in [9.17, 15) is 9.50 Å². The summed E-state index contributed by atoms with van der Waals surface area (Å²) in [6.45, 7) is 0.0381. The zero-order valence-corrected chi connectivity index (χ0v) is 8.47. The summed E-state index contributed by atoms with van der Waals surface area (Å²) in [6, 6.07) is 1.47. The third-order valence-corrected chi connectivity index (χ3v) is 3.11. The molecular formula is C10H8ClFO3. The average molecular weight is 231 g/mol. The van der Waals surface area contributed by atoms with Gasteiger partial charge in [-0.15, -0.1) is 0 Å². The largest absolute Gasteiger partial charge is 0.454 e. The predicted molar refractivity (Wildman–Crippen MR) is 50.7 cm³/mol. The number of fused-ring (bicyclic) bond motifs is 1. The van der Waals surface area contributed by atoms with Crippen molar-refractivity contribution >= 4 is 11.6 Å². The molecule has 0 radical (unpaired) electrons. The van der Waals surface area contributed by atoms with Crippen LogP contribution in [-0.2, 0) is 5.60 Å². The highest BCUT2D eigenvalue weighted by Crippen LogP contribution is 2.51. The smallest absolute Gasteiger partial charge is 0.231 e. The molecule has 1 N–H and O–H groups in total. The van der Waals surface area contributed by atoms with Crippen LogP contribution in [0.5, 0.6) is 11.5 Å². The highest BCUT2D eigenvalue weighted by atomic mass is 35.5. The molecule has 0 atom stereocenters. The lowest BCUT2D eigenvalue weighted by Crippen LogP contribution is -2.07. The van der Waals surface area contributed by atoms with Crippen LogP contribution >= 0.6 is 11.6 Å². The fourth-order valence-corrected chi connectivity index (χ4v) is 1.96. The Morgan fingerprint density at radius 3 is 2.80 bits per heavy atom. The van der Waals surface area contributed by atoms with Crippen molar-refractivity contribution in [3.05, 3.63) is 22.5 Å². The molecule has 5 heteroatoms. The second kappa shape index (κ2) is 2.77. The third-order valence-electron chi connectivity index (χ3n) is 2.77. The summed E-state index contributed by atoms with van der Waals surface area (Å²) in [5.74, 6) is 0.0137. The van der Waals surface area contributed by atoms with E-state index in [1.165, 1.54) is 6.07 Å². The number of ether oxygens (including phenoxy) is 2. The van der Waals surface area contributed by atoms with Crippen LogP contribution in [-0.4, -0.2) is 11.9 Å². The molecule has 0 aromatic heterocycles. The van der Waals surface area contributed by atoms with Gasteiger partial charge >= 0.3 is 0 Å². The van der Waals surface area contributed by atoms with E-state index in [4.69, 9.17) is 21.1 Å². The topological polar surface area (TPSA) is 38.7 Å². The van der Waals surface area contributed by atoms with Gasteiger partial charge in [-0.3, -0.25) is 0 Å². The van der Waals surface area contributed by atoms with Gasteiger partial charge in [0, 0.05) is 5.56 Å². The third kappa shape index (κ3) is 1.21. The van der Waals surface area contributed by atoms with E-state index in [-0.39, 0.29) is 23.1 Å². The van der Waals surface area contributed by atoms with Gasteiger partial charge in [-0.25, -0.2) is 4.39 Å². The first kappa shape index (κ1) is 9.24. The Balaban J connectivity index is 2.20. The lowest BCUT2D eigenvalue weighted by molar-refractivity contribution is 0.146. The maximum atomic E-state index is 13.8. The molecule has 0 unspecified atom stereocenters. The van der Waals surface area contributed by atoms with Crippen LogP contribution in [0, 0.1) is 5.82 Å². The number of hydrogen-bond acceptors (Lipinski definition) is 3. The van der Waals surface area contributed by atoms with Gasteiger partial charge in [0.25, 0.3) is 0 Å². The summed E-state index contributed by atoms with van der Waals surface area (Å²) in [6.07, 6.45) is 1.11. The number of benzene rings is 1. The average Bonchev–Trinajstić information content (AvgIpc) is 2.80. The van der Waals surface area contributed by atoms with Gasteiger partial charge in [-0.2, -0.15) is 0 Å². The summed E-state index contributed by atoms with van der Waals surface area (Å²) in [5.41, 5.74) is -0.855. The Bertz CT molecular complexity index is 443. The van der Waals surface area contributed by atoms with Crippen molar-refractivity contribution in [2.24, 2.45) is 0 Å². The molecule has 15 heavy (non-hydrogen) atoms. The molecule has 1 aliphatic heterocycles. The van der Waals surface area contributed by atoms with E-state index in [0.29, 0.717) is 18.6 Å². The van der Waals surface area contributed by atoms with E-state index in [1.807, 2.05) is 0 Å². The van der Waals surface area contributed by atoms with E-state index >= 15 is 0 Å². The molecule has 3 rings (SSSR count). The molecule has 80 valence electrons. The lowest BCUT2D eigenvalue weighted by Gasteiger charge is -2.11. The first-order valence-corrected chi connectivity index (χ1v) is 5.00. The fourth-order valence-electron chi connectivity index (χ4n) is 1.71. The van der Waals surface area contributed by atoms with Crippen LogP contribution in [0.1, 0.15) is 18.4 Å². The molecule has 3 nitrogen and oxygen atoms in total. The Morgan fingerprint density at radius 1 is 1.40 bits per heavy atom. The van der Waals surface area contributed by atoms with Crippen LogP contribution in [0.25, 0.3) is 0 Å². The molecule has 1 aromatic rings. The molecule has 0 bridgehead atoms. The summed E-state index contributed by atoms with van der Waals surface area (Å²) < 4.78 is 23.9. The van der Waals surface area contributed by atoms with Gasteiger partial charge < -0.3 is 14.6 Å². The van der Waals surface area contributed by atoms with Gasteiger partial charge in [0.05, 0.1) is 5.60 Å². The van der Waals surface area contributed by atoms with Crippen molar-refractivity contribution in [3.8, 4) is 11.5 Å². The zero-order valence-electron chi connectivity index (χ0n) is 7.72. The number of aliphatic hydroxyl groups is 1. The van der Waals surface area contributed by atoms with Crippen molar-refractivity contribution in [2.45, 2.75) is 18.4 Å². The van der Waals surface area contributed by atoms with Gasteiger partial charge in [0.15, 0.2) is 17.3 Å². The van der Waals surface area contributed by atoms with Crippen LogP contribution in [0.4, 0.5) is 4.39 Å². The monoisotopic (exact) mass is 230 g/mol. The Labute approximate surface area is 90.4 Å². The molecule has 2 aliphatic rings. The van der Waals surface area contributed by atoms with E-state index in [0.717, 1.165) is 0 Å². The van der Waals surface area contributed by atoms with Gasteiger partial charge in [-0.1, -0.05) is 11.6 Å². The van der Waals surface area contributed by atoms with E-state index < -0.39 is 11.4 Å². The Hall–Kier alpha value is -1.00. The first-order valence-electron chi connectivity index (χ1n) is 4.62. The summed E-state index contributed by atoms with van der Waals surface area (Å²) in [4.78, 5) is 0. The molecule has 0 saturated heterocycles. The molecule has 1 aromatic carbocycles. The molecule has 1 aliphatic carbocycles. The molecule has 1 fully saturated rings. The fraction of sp³-hybridized carbons (Fsp3) is 0.400. The van der Waals surface area contributed by atoms with Gasteiger partial charge in [0.2, 0.25) is 6.79 Å². The highest BCUT2D eigenvalue weighted by Gasteiger charge is 2.46. The lowest BCUT2D eigenvalue weighted by atomic mass is 10.1. The molecule has 0 spiro atoms. The predicted octanol–water partition coefficient (Wildman–Crippen LogP) is 2.19. The minimum atomic E-state index is -1.06. The van der Waals surface area contributed by atoms with Crippen molar-refractivity contribution in [1.29, 1.82) is 0 Å². The quantitative estimate of drug-likeness (QED) is 0.804. The second-order valence-electron chi connectivity index (χ2n) is 3.82. The zero-order chi connectivity index (χ0) is 10.6. The second-order valence-corrected chi connectivity index (χ2v) is 4.20. The van der Waals surface area contributed by atoms with Crippen molar-refractivity contribution < 1.29 is 19.0 Å². The SMILES string of the molecule is OC1(c2cc3c(c(Cl)c2F)OCO3)CC1. The van der Waals surface area contributed by atoms with Gasteiger partial charge in [-0.05, 0) is 18.9 Å². The molecule has 1 heterocycles. The van der Waals surface area contributed by atoms with E-state index in [2.05, 4.69) is 0 Å². The minimum absolute atomic E-state index is 0.0381. The van der Waals surface area contributed by atoms with Crippen molar-refractivity contribution in [3.63, 3.8) is 0 Å². The van der Waals surface area contributed by atoms with Crippen LogP contribution < -0.4 is 9.47 Å². The van der Waals surface area contributed by atoms with Gasteiger partial charge in [0.1, 0.15) is 5.02 Å². The normalized spacial score (nSPS) is 20.5. The Kier molecular flexibility index (Phi) is 1.71. The first-order chi connectivity index (χ1) is 7.12. The molecule has 0 amide bonds. The molecular weight excluding hydrogens is 223 g/mol. The van der Waals surface area contributed by atoms with Crippen molar-refractivity contribution in [1.82, 2.24) is 0 Å². The van der Waals surface area contributed by atoms with E-state index in [1.54, 1.807) is 0 Å². The molecule has 1 saturated carbocycles. The minimum Gasteiger partial charge on any atom is -0.454 e. The number of rotatable bonds is 1. The van der Waals surface area contributed by atoms with Crippen LogP contribution in [0.2, 0.25) is 5.02 Å². The number of hydrogen-bond donors (Lipinski definition) is 1. The maximum Gasteiger partial charge on any atom is 0.231 e. The van der Waals surface area contributed by atoms with Crippen molar-refractivity contribution in [2.75, 3.05) is 6.79 Å². The maximum absolute atomic E-state index is 13.8. The number of halogens is 2. The van der Waals surface area contributed by atoms with Crippen LogP contribution in [0.15, 0.2) is 6.07 Å². The summed E-state index contributed by atoms with van der Waals surface area (Å²) in [5, 5.41) is 9.73.